The number of hydrogen-bond donors (Lipinski definition) is 6. The second-order valence-electron chi connectivity index (χ2n) is 26.5. The van der Waals surface area contributed by atoms with E-state index in [9.17, 15) is 45.3 Å². The standard InChI is InChI=1S/2C17H18F2N6O2.2C17H18F2N6O/c1-9-3-5-21-12(6-9)27-16-13-14(20)22-8-23-15(13)25(24-16)10-7-17(18,19)4-2-11(10)26;1-9-3-5-21-12(6-9)27-16-13-14(20)22-8-23-15(13)25(24-16)10-2-4-17(18,19)7-11(10)26;1-10-4-7-21-12(8-10)26-16-13-14(20)22-9-23-15(13)25(24-16)11-2-5-17(18,19)6-3-11;1-10-5-7-21-12(8-10)26-16-13-14(20)22-9-23-15(13)25(24-16)11-4-2-3-6-17(11,18)19/h2*3,5-6,8,10-11,26H,2,4,7H2,1H3,(H2,20,22,23);4,7-9,11H,2-3,5-6H2,1H3,(H2,20,22,23);5,7-9,11H,2-4,6H2,1H3,(H2,20,22,23). The number of pyridine rings is 4. The number of anilines is 4. The summed E-state index contributed by atoms with van der Waals surface area (Å²) in [6.07, 6.45) is 8.99. The lowest BCUT2D eigenvalue weighted by molar-refractivity contribution is -0.0950. The Morgan fingerprint density at radius 3 is 1.12 bits per heavy atom. The molecule has 38 heteroatoms. The summed E-state index contributed by atoms with van der Waals surface area (Å²) < 4.78 is 140. The molecule has 12 aromatic heterocycles. The van der Waals surface area contributed by atoms with E-state index in [1.807, 2.05) is 52.0 Å². The molecule has 5 unspecified atom stereocenters. The molecule has 4 aliphatic carbocycles. The van der Waals surface area contributed by atoms with Gasteiger partial charge in [0, 0.05) is 94.0 Å². The number of fused-ring (bicyclic) bond motifs is 4. The number of hydrogen-bond acceptors (Lipinski definition) is 26. The fourth-order valence-corrected chi connectivity index (χ4v) is 13.1. The summed E-state index contributed by atoms with van der Waals surface area (Å²) in [5.41, 5.74) is 29.0. The lowest BCUT2D eigenvalue weighted by Gasteiger charge is -2.33. The number of alkyl halides is 8. The third-order valence-corrected chi connectivity index (χ3v) is 18.5. The third kappa shape index (κ3) is 16.0. The number of nitrogen functional groups attached to an aromatic ring is 4. The fraction of sp³-hybridized carbons (Fsp3) is 0.412. The van der Waals surface area contributed by atoms with E-state index in [-0.39, 0.29) is 115 Å². The van der Waals surface area contributed by atoms with Crippen molar-refractivity contribution in [3.8, 4) is 47.0 Å². The van der Waals surface area contributed by atoms with Gasteiger partial charge in [-0.05, 0) is 113 Å². The molecular weight excluding hydrogens is 1400 g/mol. The van der Waals surface area contributed by atoms with Crippen LogP contribution in [0.1, 0.15) is 136 Å². The predicted octanol–water partition coefficient (Wildman–Crippen LogP) is 12.6. The van der Waals surface area contributed by atoms with Gasteiger partial charge in [-0.25, -0.2) is 114 Å². The largest absolute Gasteiger partial charge is 0.418 e. The molecule has 5 atom stereocenters. The molecule has 556 valence electrons. The van der Waals surface area contributed by atoms with Crippen LogP contribution >= 0.6 is 0 Å². The number of aliphatic hydroxyl groups excluding tert-OH is 2. The van der Waals surface area contributed by atoms with Gasteiger partial charge in [0.15, 0.2) is 22.6 Å². The van der Waals surface area contributed by atoms with E-state index in [4.69, 9.17) is 41.9 Å². The van der Waals surface area contributed by atoms with Crippen LogP contribution in [0.4, 0.5) is 58.4 Å². The van der Waals surface area contributed by atoms with Crippen molar-refractivity contribution in [2.75, 3.05) is 22.9 Å². The Balaban J connectivity index is 0.000000125. The van der Waals surface area contributed by atoms with Crippen molar-refractivity contribution in [3.05, 3.63) is 121 Å². The van der Waals surface area contributed by atoms with E-state index in [0.717, 1.165) is 22.3 Å². The van der Waals surface area contributed by atoms with Crippen molar-refractivity contribution in [3.63, 3.8) is 0 Å². The van der Waals surface area contributed by atoms with Crippen LogP contribution in [0, 0.1) is 27.7 Å². The molecule has 0 aromatic carbocycles. The first-order valence-corrected chi connectivity index (χ1v) is 33.8. The normalized spacial score (nSPS) is 20.3. The summed E-state index contributed by atoms with van der Waals surface area (Å²) in [5.74, 6) is -8.92. The van der Waals surface area contributed by atoms with Crippen molar-refractivity contribution < 1.29 is 64.3 Å². The molecule has 4 saturated carbocycles. The lowest BCUT2D eigenvalue weighted by atomic mass is 9.89. The average molecular weight is 1470 g/mol. The van der Waals surface area contributed by atoms with Gasteiger partial charge >= 0.3 is 0 Å². The molecule has 0 aliphatic heterocycles. The number of nitrogens with zero attached hydrogens (tertiary/aromatic N) is 20. The van der Waals surface area contributed by atoms with Crippen LogP contribution in [0.15, 0.2) is 98.6 Å². The molecule has 4 aliphatic rings. The molecule has 16 rings (SSSR count). The van der Waals surface area contributed by atoms with Crippen LogP contribution in [0.3, 0.4) is 0 Å². The van der Waals surface area contributed by atoms with Crippen molar-refractivity contribution in [1.29, 1.82) is 0 Å². The van der Waals surface area contributed by atoms with Gasteiger partial charge < -0.3 is 52.1 Å². The summed E-state index contributed by atoms with van der Waals surface area (Å²) in [5, 5.41) is 39.4. The molecule has 0 saturated heterocycles. The maximum atomic E-state index is 14.5. The first-order valence-electron chi connectivity index (χ1n) is 33.8. The van der Waals surface area contributed by atoms with Crippen LogP contribution in [0.2, 0.25) is 0 Å². The molecule has 106 heavy (non-hydrogen) atoms. The molecule has 30 nitrogen and oxygen atoms in total. The number of ether oxygens (including phenoxy) is 4. The molecule has 0 bridgehead atoms. The van der Waals surface area contributed by atoms with E-state index in [1.54, 1.807) is 53.7 Å². The molecule has 10 N–H and O–H groups in total. The Morgan fingerprint density at radius 1 is 0.377 bits per heavy atom. The second-order valence-corrected chi connectivity index (χ2v) is 26.5. The predicted molar refractivity (Wildman–Crippen MR) is 368 cm³/mol. The van der Waals surface area contributed by atoms with E-state index < -0.39 is 66.9 Å². The minimum Gasteiger partial charge on any atom is -0.418 e. The van der Waals surface area contributed by atoms with Crippen molar-refractivity contribution >= 4 is 67.4 Å². The zero-order valence-electron chi connectivity index (χ0n) is 57.4. The van der Waals surface area contributed by atoms with Gasteiger partial charge in [-0.1, -0.05) is 6.42 Å². The zero-order chi connectivity index (χ0) is 75.0. The van der Waals surface area contributed by atoms with Crippen molar-refractivity contribution in [1.82, 2.24) is 98.9 Å². The topological polar surface area (TPSA) is 407 Å². The fourth-order valence-electron chi connectivity index (χ4n) is 13.1. The van der Waals surface area contributed by atoms with E-state index >= 15 is 0 Å². The summed E-state index contributed by atoms with van der Waals surface area (Å²) in [6.45, 7) is 7.58. The molecule has 4 fully saturated rings. The smallest absolute Gasteiger partial charge is 0.270 e. The number of rotatable bonds is 12. The van der Waals surface area contributed by atoms with E-state index in [0.29, 0.717) is 82.6 Å². The summed E-state index contributed by atoms with van der Waals surface area (Å²) >= 11 is 0. The first kappa shape index (κ1) is 72.9. The average Bonchev–Trinajstić information content (AvgIpc) is 1.62. The highest BCUT2D eigenvalue weighted by atomic mass is 19.3. The molecule has 12 aromatic rings. The third-order valence-electron chi connectivity index (χ3n) is 18.5. The van der Waals surface area contributed by atoms with Crippen molar-refractivity contribution in [2.24, 2.45) is 0 Å². The highest BCUT2D eigenvalue weighted by Gasteiger charge is 2.47. The highest BCUT2D eigenvalue weighted by molar-refractivity contribution is 5.93. The molecule has 0 spiro atoms. The molecular formula is C68H72F8N24O6. The van der Waals surface area contributed by atoms with Gasteiger partial charge in [0.05, 0.1) is 30.3 Å². The SMILES string of the molecule is Cc1ccnc(Oc2nn(C3CC(F)(F)CCC3O)c3ncnc(N)c23)c1.Cc1ccnc(Oc2nn(C3CCC(F)(F)CC3)c3ncnc(N)c23)c1.Cc1ccnc(Oc2nn(C3CCC(F)(F)CC3O)c3ncnc(N)c23)c1.Cc1ccnc(Oc2nn(C3CCCCC3(F)F)c3ncnc(N)c23)c1. The zero-order valence-corrected chi connectivity index (χ0v) is 57.4. The Kier molecular flexibility index (Phi) is 20.4. The molecule has 12 heterocycles. The maximum Gasteiger partial charge on any atom is 0.270 e. The molecule has 0 amide bonds. The van der Waals surface area contributed by atoms with Crippen LogP contribution in [0.25, 0.3) is 44.1 Å². The minimum absolute atomic E-state index is 0.0325. The van der Waals surface area contributed by atoms with Gasteiger partial charge in [-0.15, -0.1) is 20.4 Å². The minimum atomic E-state index is -2.89. The van der Waals surface area contributed by atoms with Crippen LogP contribution < -0.4 is 41.9 Å². The number of nitrogens with two attached hydrogens (primary N) is 4. The summed E-state index contributed by atoms with van der Waals surface area (Å²) in [6, 6.07) is 11.3. The number of halogens is 8. The number of aryl methyl sites for hydroxylation is 4. The highest BCUT2D eigenvalue weighted by Crippen LogP contribution is 2.48. The molecule has 0 radical (unpaired) electrons. The van der Waals surface area contributed by atoms with Gasteiger partial charge in [0.1, 0.15) is 76.2 Å². The van der Waals surface area contributed by atoms with E-state index in [2.05, 4.69) is 80.2 Å². The quantitative estimate of drug-likeness (QED) is 0.0619. The van der Waals surface area contributed by atoms with Crippen LogP contribution in [-0.4, -0.2) is 145 Å². The first-order chi connectivity index (χ1) is 50.6. The van der Waals surface area contributed by atoms with Crippen LogP contribution in [-0.2, 0) is 0 Å². The van der Waals surface area contributed by atoms with E-state index in [1.165, 1.54) is 39.4 Å². The van der Waals surface area contributed by atoms with Gasteiger partial charge in [-0.3, -0.25) is 0 Å². The van der Waals surface area contributed by atoms with Gasteiger partial charge in [0.25, 0.3) is 35.4 Å². The summed E-state index contributed by atoms with van der Waals surface area (Å²) in [7, 11) is 0. The van der Waals surface area contributed by atoms with Crippen LogP contribution in [0.5, 0.6) is 47.0 Å². The Morgan fingerprint density at radius 2 is 0.726 bits per heavy atom. The van der Waals surface area contributed by atoms with Crippen molar-refractivity contribution in [2.45, 2.75) is 178 Å². The Hall–Kier alpha value is -11.4. The number of aromatic nitrogens is 20. The van der Waals surface area contributed by atoms with Gasteiger partial charge in [-0.2, -0.15) is 0 Å². The summed E-state index contributed by atoms with van der Waals surface area (Å²) in [4.78, 5) is 49.1. The Labute approximate surface area is 597 Å². The monoisotopic (exact) mass is 1470 g/mol. The van der Waals surface area contributed by atoms with Gasteiger partial charge in [0.2, 0.25) is 35.4 Å². The lowest BCUT2D eigenvalue weighted by Crippen LogP contribution is -2.37. The second kappa shape index (κ2) is 29.6. The number of aliphatic hydroxyl groups is 2. The Bertz CT molecular complexity index is 5150. The maximum absolute atomic E-state index is 14.5.